The van der Waals surface area contributed by atoms with E-state index >= 15 is 0 Å². The maximum Gasteiger partial charge on any atom is 0.227 e. The molecule has 29 heavy (non-hydrogen) atoms. The molecule has 3 heterocycles. The highest BCUT2D eigenvalue weighted by atomic mass is 16.5. The molecule has 0 atom stereocenters. The number of methoxy groups -OCH3 is 2. The normalized spacial score (nSPS) is 14.6. The number of nitrogens with one attached hydrogen (secondary N) is 1. The first kappa shape index (κ1) is 18.9. The Morgan fingerprint density at radius 3 is 2.62 bits per heavy atom. The third kappa shape index (κ3) is 4.06. The summed E-state index contributed by atoms with van der Waals surface area (Å²) in [5, 5.41) is 2.99. The number of rotatable bonds is 5. The number of nitrogens with zero attached hydrogens (tertiary/aromatic N) is 4. The van der Waals surface area contributed by atoms with E-state index in [-0.39, 0.29) is 11.8 Å². The van der Waals surface area contributed by atoms with E-state index in [0.29, 0.717) is 22.8 Å². The molecule has 1 amide bonds. The van der Waals surface area contributed by atoms with Crippen molar-refractivity contribution in [2.24, 2.45) is 5.92 Å². The van der Waals surface area contributed by atoms with Gasteiger partial charge in [-0.15, -0.1) is 0 Å². The van der Waals surface area contributed by atoms with E-state index in [1.165, 1.54) is 0 Å². The fraction of sp³-hybridized carbons (Fsp3) is 0.333. The monoisotopic (exact) mass is 393 g/mol. The van der Waals surface area contributed by atoms with E-state index in [1.807, 2.05) is 12.3 Å². The number of aromatic nitrogens is 3. The Kier molecular flexibility index (Phi) is 5.41. The molecule has 1 aromatic carbocycles. The Bertz CT molecular complexity index is 1020. The minimum atomic E-state index is -0.0598. The van der Waals surface area contributed by atoms with Gasteiger partial charge < -0.3 is 19.7 Å². The van der Waals surface area contributed by atoms with Gasteiger partial charge in [0.25, 0.3) is 0 Å². The lowest BCUT2D eigenvalue weighted by molar-refractivity contribution is -0.120. The molecule has 0 saturated carbocycles. The Morgan fingerprint density at radius 1 is 1.07 bits per heavy atom. The predicted molar refractivity (Wildman–Crippen MR) is 110 cm³/mol. The molecule has 150 valence electrons. The van der Waals surface area contributed by atoms with E-state index in [0.717, 1.165) is 37.1 Å². The van der Waals surface area contributed by atoms with Crippen LogP contribution in [0.2, 0.25) is 0 Å². The van der Waals surface area contributed by atoms with Gasteiger partial charge in [0.1, 0.15) is 17.0 Å². The SMILES string of the molecule is COc1ccc(OC)c(NC(=O)C2CCN(c3cnc4nccnc4c3)CC2)c1. The van der Waals surface area contributed by atoms with Crippen molar-refractivity contribution < 1.29 is 14.3 Å². The number of hydrogen-bond donors (Lipinski definition) is 1. The topological polar surface area (TPSA) is 89.5 Å². The van der Waals surface area contributed by atoms with Crippen molar-refractivity contribution in [2.45, 2.75) is 12.8 Å². The van der Waals surface area contributed by atoms with Crippen molar-refractivity contribution in [3.8, 4) is 11.5 Å². The van der Waals surface area contributed by atoms with E-state index in [1.54, 1.807) is 44.8 Å². The molecule has 0 unspecified atom stereocenters. The number of amides is 1. The summed E-state index contributed by atoms with van der Waals surface area (Å²) in [4.78, 5) is 27.9. The highest BCUT2D eigenvalue weighted by Gasteiger charge is 2.26. The summed E-state index contributed by atoms with van der Waals surface area (Å²) in [7, 11) is 3.17. The van der Waals surface area contributed by atoms with Crippen LogP contribution in [-0.4, -0.2) is 48.2 Å². The number of hydrogen-bond acceptors (Lipinski definition) is 7. The van der Waals surface area contributed by atoms with E-state index in [9.17, 15) is 4.79 Å². The summed E-state index contributed by atoms with van der Waals surface area (Å²) in [6.45, 7) is 1.56. The van der Waals surface area contributed by atoms with Crippen LogP contribution in [0.5, 0.6) is 11.5 Å². The molecule has 0 radical (unpaired) electrons. The third-order valence-corrected chi connectivity index (χ3v) is 5.21. The van der Waals surface area contributed by atoms with Gasteiger partial charge in [-0.2, -0.15) is 0 Å². The molecule has 1 aliphatic heterocycles. The molecule has 1 N–H and O–H groups in total. The van der Waals surface area contributed by atoms with Crippen LogP contribution < -0.4 is 19.7 Å². The number of pyridine rings is 1. The summed E-state index contributed by atoms with van der Waals surface area (Å²) in [6, 6.07) is 7.35. The average molecular weight is 393 g/mol. The number of anilines is 2. The highest BCUT2D eigenvalue weighted by molar-refractivity contribution is 5.94. The molecule has 3 aromatic rings. The van der Waals surface area contributed by atoms with Crippen molar-refractivity contribution >= 4 is 28.4 Å². The number of fused-ring (bicyclic) bond motifs is 1. The molecule has 0 bridgehead atoms. The van der Waals surface area contributed by atoms with Gasteiger partial charge in [-0.05, 0) is 31.0 Å². The van der Waals surface area contributed by atoms with Crippen LogP contribution in [0.4, 0.5) is 11.4 Å². The summed E-state index contributed by atoms with van der Waals surface area (Å²) >= 11 is 0. The highest BCUT2D eigenvalue weighted by Crippen LogP contribution is 2.31. The summed E-state index contributed by atoms with van der Waals surface area (Å²) in [5.41, 5.74) is 3.04. The Balaban J connectivity index is 1.40. The summed E-state index contributed by atoms with van der Waals surface area (Å²) < 4.78 is 10.6. The fourth-order valence-corrected chi connectivity index (χ4v) is 3.57. The van der Waals surface area contributed by atoms with Crippen molar-refractivity contribution in [3.63, 3.8) is 0 Å². The third-order valence-electron chi connectivity index (χ3n) is 5.21. The van der Waals surface area contributed by atoms with Gasteiger partial charge in [0.2, 0.25) is 5.91 Å². The molecule has 0 aliphatic carbocycles. The van der Waals surface area contributed by atoms with Crippen molar-refractivity contribution in [1.29, 1.82) is 0 Å². The number of carbonyl (C=O) groups excluding carboxylic acids is 1. The van der Waals surface area contributed by atoms with Gasteiger partial charge >= 0.3 is 0 Å². The molecule has 1 aliphatic rings. The molecular formula is C21H23N5O3. The molecular weight excluding hydrogens is 370 g/mol. The van der Waals surface area contributed by atoms with E-state index in [4.69, 9.17) is 9.47 Å². The Labute approximate surface area is 168 Å². The molecule has 2 aromatic heterocycles. The van der Waals surface area contributed by atoms with Crippen LogP contribution in [0.25, 0.3) is 11.2 Å². The predicted octanol–water partition coefficient (Wildman–Crippen LogP) is 2.90. The van der Waals surface area contributed by atoms with Crippen molar-refractivity contribution in [3.05, 3.63) is 42.9 Å². The zero-order valence-corrected chi connectivity index (χ0v) is 16.5. The van der Waals surface area contributed by atoms with Crippen LogP contribution in [0.1, 0.15) is 12.8 Å². The van der Waals surface area contributed by atoms with Gasteiger partial charge in [0.15, 0.2) is 5.65 Å². The smallest absolute Gasteiger partial charge is 0.227 e. The summed E-state index contributed by atoms with van der Waals surface area (Å²) in [6.07, 6.45) is 6.64. The molecule has 1 fully saturated rings. The minimum absolute atomic E-state index is 0.00120. The van der Waals surface area contributed by atoms with Crippen molar-refractivity contribution in [1.82, 2.24) is 15.0 Å². The quantitative estimate of drug-likeness (QED) is 0.713. The van der Waals surface area contributed by atoms with Crippen LogP contribution in [0.3, 0.4) is 0 Å². The number of ether oxygens (including phenoxy) is 2. The van der Waals surface area contributed by atoms with Crippen LogP contribution >= 0.6 is 0 Å². The molecule has 8 nitrogen and oxygen atoms in total. The Hall–Kier alpha value is -3.42. The fourth-order valence-electron chi connectivity index (χ4n) is 3.57. The first-order valence-corrected chi connectivity index (χ1v) is 9.52. The van der Waals surface area contributed by atoms with Gasteiger partial charge in [-0.1, -0.05) is 0 Å². The van der Waals surface area contributed by atoms with E-state index in [2.05, 4.69) is 25.2 Å². The molecule has 1 saturated heterocycles. The summed E-state index contributed by atoms with van der Waals surface area (Å²) in [5.74, 6) is 1.22. The van der Waals surface area contributed by atoms with Gasteiger partial charge in [-0.25, -0.2) is 9.97 Å². The number of piperidine rings is 1. The lowest BCUT2D eigenvalue weighted by Gasteiger charge is -2.32. The number of carbonyl (C=O) groups is 1. The van der Waals surface area contributed by atoms with Crippen molar-refractivity contribution in [2.75, 3.05) is 37.5 Å². The largest absolute Gasteiger partial charge is 0.497 e. The van der Waals surface area contributed by atoms with Crippen LogP contribution in [0.15, 0.2) is 42.9 Å². The van der Waals surface area contributed by atoms with Gasteiger partial charge in [0.05, 0.1) is 31.8 Å². The number of benzene rings is 1. The zero-order valence-electron chi connectivity index (χ0n) is 16.5. The minimum Gasteiger partial charge on any atom is -0.497 e. The van der Waals surface area contributed by atoms with Gasteiger partial charge in [-0.3, -0.25) is 9.78 Å². The molecule has 4 rings (SSSR count). The van der Waals surface area contributed by atoms with E-state index < -0.39 is 0 Å². The second kappa shape index (κ2) is 8.30. The first-order valence-electron chi connectivity index (χ1n) is 9.52. The lowest BCUT2D eigenvalue weighted by atomic mass is 9.95. The Morgan fingerprint density at radius 2 is 1.86 bits per heavy atom. The standard InChI is InChI=1S/C21H23N5O3/c1-28-16-3-4-19(29-2)17(12-16)25-21(27)14-5-9-26(10-6-14)15-11-18-20(24-13-15)23-8-7-22-18/h3-4,7-8,11-14H,5-6,9-10H2,1-2H3,(H,25,27). The van der Waals surface area contributed by atoms with Gasteiger partial charge in [0, 0.05) is 37.5 Å². The lowest BCUT2D eigenvalue weighted by Crippen LogP contribution is -2.38. The first-order chi connectivity index (χ1) is 14.2. The molecule has 0 spiro atoms. The second-order valence-corrected chi connectivity index (χ2v) is 6.91. The maximum absolute atomic E-state index is 12.8. The maximum atomic E-state index is 12.8. The average Bonchev–Trinajstić information content (AvgIpc) is 2.78. The second-order valence-electron chi connectivity index (χ2n) is 6.91. The molecule has 8 heteroatoms. The van der Waals surface area contributed by atoms with Crippen LogP contribution in [0, 0.1) is 5.92 Å². The van der Waals surface area contributed by atoms with Crippen LogP contribution in [-0.2, 0) is 4.79 Å². The zero-order chi connectivity index (χ0) is 20.2.